The van der Waals surface area contributed by atoms with E-state index in [1.807, 2.05) is 11.4 Å². The molecule has 19 heavy (non-hydrogen) atoms. The van der Waals surface area contributed by atoms with Crippen LogP contribution >= 0.6 is 11.3 Å². The Labute approximate surface area is 114 Å². The first-order valence-electron chi connectivity index (χ1n) is 6.22. The van der Waals surface area contributed by atoms with Crippen molar-refractivity contribution in [2.24, 2.45) is 0 Å². The zero-order chi connectivity index (χ0) is 13.2. The molecule has 5 nitrogen and oxygen atoms in total. The van der Waals surface area contributed by atoms with Crippen molar-refractivity contribution in [3.05, 3.63) is 34.7 Å². The van der Waals surface area contributed by atoms with E-state index in [9.17, 15) is 0 Å². The highest BCUT2D eigenvalue weighted by atomic mass is 32.1. The van der Waals surface area contributed by atoms with Crippen LogP contribution < -0.4 is 5.73 Å². The lowest BCUT2D eigenvalue weighted by atomic mass is 10.2. The van der Waals surface area contributed by atoms with Crippen LogP contribution in [0.1, 0.15) is 23.5 Å². The van der Waals surface area contributed by atoms with Gasteiger partial charge in [-0.15, -0.1) is 11.3 Å². The summed E-state index contributed by atoms with van der Waals surface area (Å²) in [4.78, 5) is 16.4. The Balaban J connectivity index is 1.67. The number of hydrogen-bond acceptors (Lipinski definition) is 5. The van der Waals surface area contributed by atoms with Gasteiger partial charge in [-0.1, -0.05) is 0 Å². The van der Waals surface area contributed by atoms with Crippen LogP contribution in [0.15, 0.2) is 17.6 Å². The van der Waals surface area contributed by atoms with Gasteiger partial charge in [0.05, 0.1) is 11.2 Å². The number of thiazole rings is 1. The lowest BCUT2D eigenvalue weighted by Gasteiger charge is -1.95. The molecule has 0 aliphatic rings. The Hall–Kier alpha value is -1.95. The van der Waals surface area contributed by atoms with E-state index in [0.29, 0.717) is 5.13 Å². The summed E-state index contributed by atoms with van der Waals surface area (Å²) < 4.78 is 0. The lowest BCUT2D eigenvalue weighted by molar-refractivity contribution is 0.774. The molecular weight excluding hydrogens is 258 g/mol. The van der Waals surface area contributed by atoms with Crippen molar-refractivity contribution in [2.75, 3.05) is 5.73 Å². The van der Waals surface area contributed by atoms with Crippen LogP contribution in [0.3, 0.4) is 0 Å². The molecule has 3 rings (SSSR count). The number of nitrogen functional groups attached to an aromatic ring is 1. The summed E-state index contributed by atoms with van der Waals surface area (Å²) in [6.45, 7) is 2.06. The van der Waals surface area contributed by atoms with Gasteiger partial charge in [0.2, 0.25) is 0 Å². The van der Waals surface area contributed by atoms with Crippen LogP contribution in [0.4, 0.5) is 5.13 Å². The van der Waals surface area contributed by atoms with Crippen LogP contribution in [0.25, 0.3) is 11.2 Å². The van der Waals surface area contributed by atoms with E-state index in [2.05, 4.69) is 26.9 Å². The molecular formula is C13H15N5S. The Kier molecular flexibility index (Phi) is 3.16. The number of imidazole rings is 1. The third-order valence-electron chi connectivity index (χ3n) is 3.07. The molecule has 0 radical (unpaired) electrons. The smallest absolute Gasteiger partial charge is 0.180 e. The van der Waals surface area contributed by atoms with E-state index in [4.69, 9.17) is 5.73 Å². The number of hydrogen-bond donors (Lipinski definition) is 2. The predicted molar refractivity (Wildman–Crippen MR) is 77.2 cm³/mol. The van der Waals surface area contributed by atoms with Crippen LogP contribution in [0.2, 0.25) is 0 Å². The minimum Gasteiger partial charge on any atom is -0.375 e. The van der Waals surface area contributed by atoms with E-state index >= 15 is 0 Å². The van der Waals surface area contributed by atoms with Gasteiger partial charge in [0, 0.05) is 18.0 Å². The highest BCUT2D eigenvalue weighted by molar-refractivity contribution is 7.13. The summed E-state index contributed by atoms with van der Waals surface area (Å²) in [7, 11) is 0. The molecule has 0 aliphatic carbocycles. The Morgan fingerprint density at radius 2 is 2.21 bits per heavy atom. The zero-order valence-corrected chi connectivity index (χ0v) is 11.5. The predicted octanol–water partition coefficient (Wildman–Crippen LogP) is 2.48. The molecule has 0 saturated heterocycles. The summed E-state index contributed by atoms with van der Waals surface area (Å²) in [5.41, 5.74) is 9.69. The number of rotatable bonds is 4. The van der Waals surface area contributed by atoms with Gasteiger partial charge < -0.3 is 10.7 Å². The third kappa shape index (κ3) is 2.58. The average Bonchev–Trinajstić information content (AvgIpc) is 2.97. The van der Waals surface area contributed by atoms with Crippen molar-refractivity contribution in [3.63, 3.8) is 0 Å². The fraction of sp³-hybridized carbons (Fsp3) is 0.308. The normalized spacial score (nSPS) is 11.2. The van der Waals surface area contributed by atoms with Gasteiger partial charge >= 0.3 is 0 Å². The fourth-order valence-electron chi connectivity index (χ4n) is 2.08. The number of pyridine rings is 1. The first-order chi connectivity index (χ1) is 9.22. The number of nitrogens with zero attached hydrogens (tertiary/aromatic N) is 3. The first kappa shape index (κ1) is 12.1. The largest absolute Gasteiger partial charge is 0.375 e. The maximum absolute atomic E-state index is 5.61. The fourth-order valence-corrected chi connectivity index (χ4v) is 2.67. The monoisotopic (exact) mass is 273 g/mol. The standard InChI is InChI=1S/C13H15N5S/c1-8-5-6-15-12-11(8)17-10(18-12)4-2-3-9-7-19-13(14)16-9/h5-7H,2-4H2,1H3,(H2,14,16)(H,15,17,18). The molecule has 0 amide bonds. The molecule has 0 unspecified atom stereocenters. The summed E-state index contributed by atoms with van der Waals surface area (Å²) in [6, 6.07) is 1.99. The van der Waals surface area contributed by atoms with Gasteiger partial charge in [-0.05, 0) is 31.4 Å². The SMILES string of the molecule is Cc1ccnc2nc(CCCc3csc(N)n3)[nH]c12. The molecule has 0 bridgehead atoms. The van der Waals surface area contributed by atoms with Crippen LogP contribution in [0.5, 0.6) is 0 Å². The highest BCUT2D eigenvalue weighted by Gasteiger charge is 2.06. The summed E-state index contributed by atoms with van der Waals surface area (Å²) in [6.07, 6.45) is 4.62. The molecule has 3 aromatic heterocycles. The van der Waals surface area contributed by atoms with Gasteiger partial charge in [0.15, 0.2) is 10.8 Å². The molecule has 0 saturated carbocycles. The maximum Gasteiger partial charge on any atom is 0.180 e. The second kappa shape index (κ2) is 4.97. The average molecular weight is 273 g/mol. The molecule has 0 spiro atoms. The van der Waals surface area contributed by atoms with E-state index in [1.165, 1.54) is 16.9 Å². The second-order valence-electron chi connectivity index (χ2n) is 4.54. The van der Waals surface area contributed by atoms with Crippen LogP contribution in [0, 0.1) is 6.92 Å². The molecule has 0 atom stereocenters. The zero-order valence-electron chi connectivity index (χ0n) is 10.7. The van der Waals surface area contributed by atoms with Crippen molar-refractivity contribution in [1.82, 2.24) is 19.9 Å². The van der Waals surface area contributed by atoms with Crippen molar-refractivity contribution in [1.29, 1.82) is 0 Å². The molecule has 98 valence electrons. The number of nitrogens with two attached hydrogens (primary N) is 1. The van der Waals surface area contributed by atoms with E-state index in [0.717, 1.165) is 41.9 Å². The minimum absolute atomic E-state index is 0.638. The number of anilines is 1. The minimum atomic E-state index is 0.638. The van der Waals surface area contributed by atoms with E-state index in [1.54, 1.807) is 6.20 Å². The maximum atomic E-state index is 5.61. The summed E-state index contributed by atoms with van der Waals surface area (Å²) in [5, 5.41) is 2.65. The number of aromatic amines is 1. The number of aromatic nitrogens is 4. The molecule has 6 heteroatoms. The Bertz CT molecular complexity index is 700. The third-order valence-corrected chi connectivity index (χ3v) is 3.79. The van der Waals surface area contributed by atoms with Gasteiger partial charge in [0.1, 0.15) is 5.82 Å². The van der Waals surface area contributed by atoms with Gasteiger partial charge in [-0.3, -0.25) is 0 Å². The van der Waals surface area contributed by atoms with Crippen LogP contribution in [-0.2, 0) is 12.8 Å². The first-order valence-corrected chi connectivity index (χ1v) is 7.10. The Morgan fingerprint density at radius 3 is 2.95 bits per heavy atom. The molecule has 3 heterocycles. The quantitative estimate of drug-likeness (QED) is 0.765. The van der Waals surface area contributed by atoms with Crippen LogP contribution in [-0.4, -0.2) is 19.9 Å². The highest BCUT2D eigenvalue weighted by Crippen LogP contribution is 2.16. The van der Waals surface area contributed by atoms with Crippen molar-refractivity contribution in [2.45, 2.75) is 26.2 Å². The van der Waals surface area contributed by atoms with E-state index < -0.39 is 0 Å². The lowest BCUT2D eigenvalue weighted by Crippen LogP contribution is -1.93. The van der Waals surface area contributed by atoms with E-state index in [-0.39, 0.29) is 0 Å². The van der Waals surface area contributed by atoms with Gasteiger partial charge in [-0.2, -0.15) is 0 Å². The number of nitrogens with one attached hydrogen (secondary N) is 1. The topological polar surface area (TPSA) is 80.5 Å². The summed E-state index contributed by atoms with van der Waals surface area (Å²) in [5.74, 6) is 0.986. The molecule has 3 aromatic rings. The number of H-pyrrole nitrogens is 1. The van der Waals surface area contributed by atoms with Crippen molar-refractivity contribution >= 4 is 27.6 Å². The van der Waals surface area contributed by atoms with Gasteiger partial charge in [0.25, 0.3) is 0 Å². The summed E-state index contributed by atoms with van der Waals surface area (Å²) >= 11 is 1.49. The Morgan fingerprint density at radius 1 is 1.32 bits per heavy atom. The van der Waals surface area contributed by atoms with Crippen molar-refractivity contribution < 1.29 is 0 Å². The molecule has 0 aliphatic heterocycles. The van der Waals surface area contributed by atoms with Gasteiger partial charge in [-0.25, -0.2) is 15.0 Å². The second-order valence-corrected chi connectivity index (χ2v) is 5.43. The molecule has 0 fully saturated rings. The molecule has 3 N–H and O–H groups in total. The number of fused-ring (bicyclic) bond motifs is 1. The molecule has 0 aromatic carbocycles. The van der Waals surface area contributed by atoms with Crippen molar-refractivity contribution in [3.8, 4) is 0 Å². The number of aryl methyl sites for hydroxylation is 3.